The maximum Gasteiger partial charge on any atom is 0.305 e. The topological polar surface area (TPSA) is 406 Å². The number of guanidine groups is 1. The standard InChI is InChI=1S/C34H57N11O13/c1-16(2)26-33(58)44-22(15-25(50)51)32(57)39-17(3)27(52)40-20(9-11-23(46)47)29(54)41-18(7-4-5-13-35)28(53)43-21(10-12-24(48)49)30(55)42-19(31(56)45-26)8-6-14-38-34(36)37/h16-22,26H,4-15,35H2,1-3H3,(H,39,57)(H,40,52)(H,41,54)(H,42,55)(H,43,53)(H,44,58)(H,45,56)(H,46,47)(H,48,49)(H,50,51)(H4,36,37,38)/t17-,18-,19-,20-,21-,22-,26-/m0/s1. The van der Waals surface area contributed by atoms with Crippen molar-refractivity contribution in [2.45, 2.75) is 127 Å². The van der Waals surface area contributed by atoms with Gasteiger partial charge in [-0.3, -0.25) is 52.9 Å². The van der Waals surface area contributed by atoms with Crippen LogP contribution in [0.15, 0.2) is 4.99 Å². The fraction of sp³-hybridized carbons (Fsp3) is 0.676. The van der Waals surface area contributed by atoms with Gasteiger partial charge in [-0.2, -0.15) is 0 Å². The summed E-state index contributed by atoms with van der Waals surface area (Å²) in [4.78, 5) is 134. The first-order valence-corrected chi connectivity index (χ1v) is 18.7. The molecule has 0 aromatic carbocycles. The Balaban J connectivity index is 3.87. The third kappa shape index (κ3) is 18.7. The van der Waals surface area contributed by atoms with Crippen LogP contribution in [-0.2, 0) is 47.9 Å². The van der Waals surface area contributed by atoms with Crippen molar-refractivity contribution in [1.82, 2.24) is 37.2 Å². The van der Waals surface area contributed by atoms with Crippen LogP contribution in [-0.4, -0.2) is 136 Å². The van der Waals surface area contributed by atoms with Crippen molar-refractivity contribution in [3.8, 4) is 0 Å². The van der Waals surface area contributed by atoms with E-state index in [1.54, 1.807) is 0 Å². The van der Waals surface area contributed by atoms with E-state index in [1.165, 1.54) is 20.8 Å². The number of aliphatic imine (C=N–C) groups is 1. The second kappa shape index (κ2) is 25.2. The van der Waals surface area contributed by atoms with Crippen LogP contribution in [0.5, 0.6) is 0 Å². The smallest absolute Gasteiger partial charge is 0.305 e. The van der Waals surface area contributed by atoms with Crippen molar-refractivity contribution in [2.24, 2.45) is 28.1 Å². The lowest BCUT2D eigenvalue weighted by Gasteiger charge is -2.28. The first-order chi connectivity index (χ1) is 27.2. The highest BCUT2D eigenvalue weighted by Crippen LogP contribution is 2.11. The number of nitrogens with zero attached hydrogens (tertiary/aromatic N) is 1. The quantitative estimate of drug-likeness (QED) is 0.0373. The van der Waals surface area contributed by atoms with Crippen molar-refractivity contribution in [1.29, 1.82) is 0 Å². The van der Waals surface area contributed by atoms with Crippen LogP contribution in [0.4, 0.5) is 0 Å². The van der Waals surface area contributed by atoms with Gasteiger partial charge in [0.1, 0.15) is 42.3 Å². The highest BCUT2D eigenvalue weighted by molar-refractivity contribution is 5.99. The highest BCUT2D eigenvalue weighted by atomic mass is 16.4. The molecule has 1 aliphatic heterocycles. The molecule has 7 amide bonds. The number of hydrogen-bond acceptors (Lipinski definition) is 12. The molecule has 1 saturated heterocycles. The second-order valence-electron chi connectivity index (χ2n) is 14.0. The first kappa shape index (κ1) is 49.9. The number of carbonyl (C=O) groups is 10. The van der Waals surface area contributed by atoms with E-state index in [1.807, 2.05) is 0 Å². The van der Waals surface area contributed by atoms with E-state index < -0.39 is 140 Å². The molecule has 1 rings (SSSR count). The summed E-state index contributed by atoms with van der Waals surface area (Å²) in [6.07, 6.45) is -2.72. The molecule has 7 atom stereocenters. The van der Waals surface area contributed by atoms with Gasteiger partial charge in [-0.05, 0) is 64.3 Å². The molecule has 0 radical (unpaired) electrons. The lowest BCUT2D eigenvalue weighted by molar-refractivity contribution is -0.142. The number of hydrogen-bond donors (Lipinski definition) is 13. The molecule has 1 heterocycles. The van der Waals surface area contributed by atoms with Gasteiger partial charge in [0.15, 0.2) is 5.96 Å². The molecule has 1 fully saturated rings. The summed E-state index contributed by atoms with van der Waals surface area (Å²) in [6, 6.07) is -10.8. The predicted octanol–water partition coefficient (Wildman–Crippen LogP) is -4.54. The number of nitrogens with one attached hydrogen (secondary N) is 7. The van der Waals surface area contributed by atoms with Crippen molar-refractivity contribution < 1.29 is 63.3 Å². The summed E-state index contributed by atoms with van der Waals surface area (Å²) in [5, 5.41) is 44.9. The SMILES string of the molecule is CC(C)[C@@H]1NC(=O)[C@H](CCCN=C(N)N)NC(=O)[C@H](CCC(=O)O)NC(=O)[C@H](CCCCN)NC(=O)[C@H](CCC(=O)O)NC(=O)[C@H](C)NC(=O)[C@H](CC(=O)O)NC1=O. The molecule has 326 valence electrons. The van der Waals surface area contributed by atoms with E-state index in [9.17, 15) is 63.3 Å². The summed E-state index contributed by atoms with van der Waals surface area (Å²) in [5.74, 6) is -12.3. The van der Waals surface area contributed by atoms with Gasteiger partial charge in [0.25, 0.3) is 0 Å². The highest BCUT2D eigenvalue weighted by Gasteiger charge is 2.36. The van der Waals surface area contributed by atoms with Crippen LogP contribution < -0.4 is 54.4 Å². The van der Waals surface area contributed by atoms with Crippen LogP contribution in [0.1, 0.15) is 85.0 Å². The Morgan fingerprint density at radius 2 is 0.983 bits per heavy atom. The van der Waals surface area contributed by atoms with Crippen LogP contribution in [0.3, 0.4) is 0 Å². The summed E-state index contributed by atoms with van der Waals surface area (Å²) < 4.78 is 0. The van der Waals surface area contributed by atoms with Crippen molar-refractivity contribution >= 4 is 65.2 Å². The first-order valence-electron chi connectivity index (χ1n) is 18.7. The Morgan fingerprint density at radius 1 is 0.569 bits per heavy atom. The Labute approximate surface area is 334 Å². The Morgan fingerprint density at radius 3 is 1.41 bits per heavy atom. The molecule has 58 heavy (non-hydrogen) atoms. The van der Waals surface area contributed by atoms with Gasteiger partial charge >= 0.3 is 17.9 Å². The molecular weight excluding hydrogens is 770 g/mol. The van der Waals surface area contributed by atoms with E-state index in [2.05, 4.69) is 42.2 Å². The Bertz CT molecular complexity index is 1540. The number of carboxylic acid groups (broad SMARTS) is 3. The molecule has 0 spiro atoms. The largest absolute Gasteiger partial charge is 0.481 e. The summed E-state index contributed by atoms with van der Waals surface area (Å²) in [6.45, 7) is 4.41. The van der Waals surface area contributed by atoms with Gasteiger partial charge in [0.05, 0.1) is 6.42 Å². The fourth-order valence-electron chi connectivity index (χ4n) is 5.53. The molecule has 24 nitrogen and oxygen atoms in total. The molecule has 16 N–H and O–H groups in total. The average Bonchev–Trinajstić information content (AvgIpc) is 3.12. The van der Waals surface area contributed by atoms with Gasteiger partial charge in [-0.15, -0.1) is 0 Å². The second-order valence-corrected chi connectivity index (χ2v) is 14.0. The molecular formula is C34H57N11O13. The van der Waals surface area contributed by atoms with Crippen LogP contribution in [0.25, 0.3) is 0 Å². The number of aliphatic carboxylic acids is 3. The average molecular weight is 828 g/mol. The molecule has 0 aromatic rings. The lowest BCUT2D eigenvalue weighted by Crippen LogP contribution is -2.60. The van der Waals surface area contributed by atoms with Crippen molar-refractivity contribution in [2.75, 3.05) is 13.1 Å². The van der Waals surface area contributed by atoms with Crippen molar-refractivity contribution in [3.05, 3.63) is 0 Å². The maximum absolute atomic E-state index is 13.8. The van der Waals surface area contributed by atoms with Gasteiger partial charge < -0.3 is 69.7 Å². The van der Waals surface area contributed by atoms with Gasteiger partial charge in [0, 0.05) is 19.4 Å². The Kier molecular flexibility index (Phi) is 21.7. The van der Waals surface area contributed by atoms with Gasteiger partial charge in [0.2, 0.25) is 41.4 Å². The fourth-order valence-corrected chi connectivity index (χ4v) is 5.53. The number of amides is 7. The third-order valence-electron chi connectivity index (χ3n) is 8.73. The zero-order valence-corrected chi connectivity index (χ0v) is 32.7. The lowest BCUT2D eigenvalue weighted by atomic mass is 10.0. The monoisotopic (exact) mass is 827 g/mol. The summed E-state index contributed by atoms with van der Waals surface area (Å²) in [5.41, 5.74) is 16.4. The van der Waals surface area contributed by atoms with Crippen molar-refractivity contribution in [3.63, 3.8) is 0 Å². The normalized spacial score (nSPS) is 24.4. The number of carboxylic acids is 3. The molecule has 24 heteroatoms. The summed E-state index contributed by atoms with van der Waals surface area (Å²) >= 11 is 0. The Hall–Kier alpha value is -6.07. The minimum absolute atomic E-state index is 0.00530. The molecule has 0 aliphatic carbocycles. The van der Waals surface area contributed by atoms with E-state index >= 15 is 0 Å². The minimum atomic E-state index is -1.80. The van der Waals surface area contributed by atoms with E-state index in [4.69, 9.17) is 17.2 Å². The zero-order valence-electron chi connectivity index (χ0n) is 32.7. The van der Waals surface area contributed by atoms with Crippen LogP contribution in [0.2, 0.25) is 0 Å². The summed E-state index contributed by atoms with van der Waals surface area (Å²) in [7, 11) is 0. The third-order valence-corrected chi connectivity index (χ3v) is 8.73. The molecule has 0 unspecified atom stereocenters. The minimum Gasteiger partial charge on any atom is -0.481 e. The van der Waals surface area contributed by atoms with E-state index in [0.29, 0.717) is 6.42 Å². The van der Waals surface area contributed by atoms with Crippen LogP contribution in [0, 0.1) is 5.92 Å². The number of rotatable bonds is 17. The van der Waals surface area contributed by atoms with Gasteiger partial charge in [-0.1, -0.05) is 13.8 Å². The molecule has 0 bridgehead atoms. The van der Waals surface area contributed by atoms with Gasteiger partial charge in [-0.25, -0.2) is 0 Å². The van der Waals surface area contributed by atoms with Crippen LogP contribution >= 0.6 is 0 Å². The molecule has 0 aromatic heterocycles. The molecule has 1 aliphatic rings. The number of carbonyl (C=O) groups excluding carboxylic acids is 7. The zero-order chi connectivity index (χ0) is 44.1. The predicted molar refractivity (Wildman–Crippen MR) is 203 cm³/mol. The van der Waals surface area contributed by atoms with E-state index in [-0.39, 0.29) is 44.7 Å². The number of nitrogens with two attached hydrogens (primary N) is 3. The molecule has 0 saturated carbocycles. The number of unbranched alkanes of at least 4 members (excludes halogenated alkanes) is 1. The van der Waals surface area contributed by atoms with E-state index in [0.717, 1.165) is 0 Å². The maximum atomic E-state index is 13.8.